The van der Waals surface area contributed by atoms with Crippen LogP contribution in [0.15, 0.2) is 162 Å². The predicted molar refractivity (Wildman–Crippen MR) is 247 cm³/mol. The Morgan fingerprint density at radius 1 is 0.443 bits per heavy atom. The van der Waals surface area contributed by atoms with Crippen LogP contribution in [0.3, 0.4) is 0 Å². The van der Waals surface area contributed by atoms with Crippen LogP contribution < -0.4 is 0 Å². The van der Waals surface area contributed by atoms with Crippen LogP contribution in [0.4, 0.5) is 0 Å². The van der Waals surface area contributed by atoms with Gasteiger partial charge in [-0.1, -0.05) is 103 Å². The molecule has 4 bridgehead atoms. The highest BCUT2D eigenvalue weighted by atomic mass is 16.3. The topological polar surface area (TPSA) is 61.7 Å². The molecular formula is C55H41N5O. The van der Waals surface area contributed by atoms with Crippen molar-refractivity contribution in [2.75, 3.05) is 0 Å². The predicted octanol–water partition coefficient (Wildman–Crippen LogP) is 13.8. The summed E-state index contributed by atoms with van der Waals surface area (Å²) in [6, 6.07) is 56.3. The zero-order chi connectivity index (χ0) is 39.8. The molecule has 61 heavy (non-hydrogen) atoms. The SMILES string of the molecule is c1ccc(-c2nc(-c3ccc(-n4c5ccccc5c5c6c7ccccc7oc6c6c(c7ccccc7n6-c6ccccc6)c54)cc3)nc(C34CC5CC(CC(C5)C3)C4)n2)cc1. The van der Waals surface area contributed by atoms with E-state index in [1.807, 2.05) is 0 Å². The van der Waals surface area contributed by atoms with Crippen LogP contribution >= 0.6 is 0 Å². The Hall–Kier alpha value is -7.05. The number of hydrogen-bond acceptors (Lipinski definition) is 4. The van der Waals surface area contributed by atoms with Crippen molar-refractivity contribution in [2.24, 2.45) is 17.8 Å². The van der Waals surface area contributed by atoms with Gasteiger partial charge >= 0.3 is 0 Å². The number of nitrogens with zero attached hydrogens (tertiary/aromatic N) is 5. The second kappa shape index (κ2) is 12.5. The Kier molecular flexibility index (Phi) is 6.91. The van der Waals surface area contributed by atoms with E-state index >= 15 is 0 Å². The third kappa shape index (κ3) is 4.82. The largest absolute Gasteiger partial charge is 0.454 e. The standard InChI is InChI=1S/C55H41N5O/c1-3-13-36(14-4-1)52-56-53(58-54(57-52)55-30-33-27-34(31-55)29-35(28-33)32-55)37-23-25-39(26-24-37)59-43-20-10-7-17-40(43)46-47-42-19-9-12-22-45(42)61-51(47)50-48(49(46)59)41-18-8-11-21-44(41)60(50)38-15-5-2-6-16-38/h1-26,33-35H,27-32H2. The van der Waals surface area contributed by atoms with Crippen LogP contribution in [0, 0.1) is 17.8 Å². The lowest BCUT2D eigenvalue weighted by atomic mass is 9.49. The van der Waals surface area contributed by atoms with Crippen molar-refractivity contribution in [3.05, 3.63) is 164 Å². The lowest BCUT2D eigenvalue weighted by molar-refractivity contribution is -0.00938. The summed E-state index contributed by atoms with van der Waals surface area (Å²) < 4.78 is 11.8. The van der Waals surface area contributed by atoms with Crippen molar-refractivity contribution in [2.45, 2.75) is 43.9 Å². The molecule has 0 radical (unpaired) electrons. The minimum atomic E-state index is 0.0474. The molecule has 4 saturated carbocycles. The summed E-state index contributed by atoms with van der Waals surface area (Å²) in [6.45, 7) is 0. The van der Waals surface area contributed by atoms with Gasteiger partial charge in [0.2, 0.25) is 0 Å². The summed E-state index contributed by atoms with van der Waals surface area (Å²) in [5, 5.41) is 7.01. The number of fused-ring (bicyclic) bond motifs is 12. The second-order valence-electron chi connectivity index (χ2n) is 18.2. The van der Waals surface area contributed by atoms with Crippen LogP contribution in [0.1, 0.15) is 44.3 Å². The van der Waals surface area contributed by atoms with Crippen molar-refractivity contribution in [1.82, 2.24) is 24.1 Å². The van der Waals surface area contributed by atoms with E-state index in [2.05, 4.69) is 167 Å². The molecule has 292 valence electrons. The lowest BCUT2D eigenvalue weighted by Crippen LogP contribution is -2.49. The Balaban J connectivity index is 1.03. The van der Waals surface area contributed by atoms with Gasteiger partial charge in [0, 0.05) is 60.2 Å². The first-order chi connectivity index (χ1) is 30.2. The smallest absolute Gasteiger partial charge is 0.163 e. The summed E-state index contributed by atoms with van der Waals surface area (Å²) in [5.41, 5.74) is 10.6. The molecule has 7 aromatic carbocycles. The maximum atomic E-state index is 6.97. The van der Waals surface area contributed by atoms with Crippen LogP contribution in [0.25, 0.3) is 99.7 Å². The summed E-state index contributed by atoms with van der Waals surface area (Å²) >= 11 is 0. The van der Waals surface area contributed by atoms with E-state index < -0.39 is 0 Å². The minimum absolute atomic E-state index is 0.0474. The first kappa shape index (κ1) is 33.7. The maximum Gasteiger partial charge on any atom is 0.163 e. The molecular weight excluding hydrogens is 747 g/mol. The molecule has 4 aliphatic carbocycles. The Bertz CT molecular complexity index is 3520. The number of furan rings is 1. The van der Waals surface area contributed by atoms with E-state index in [9.17, 15) is 0 Å². The highest BCUT2D eigenvalue weighted by molar-refractivity contribution is 6.39. The average Bonchev–Trinajstić information content (AvgIpc) is 3.97. The quantitative estimate of drug-likeness (QED) is 0.174. The molecule has 0 N–H and O–H groups in total. The van der Waals surface area contributed by atoms with E-state index in [1.54, 1.807) is 0 Å². The summed E-state index contributed by atoms with van der Waals surface area (Å²) in [6.07, 6.45) is 7.77. The van der Waals surface area contributed by atoms with Crippen molar-refractivity contribution < 1.29 is 4.42 Å². The second-order valence-corrected chi connectivity index (χ2v) is 18.2. The van der Waals surface area contributed by atoms with Gasteiger partial charge in [-0.3, -0.25) is 0 Å². The normalized spacial score (nSPS) is 21.0. The van der Waals surface area contributed by atoms with Gasteiger partial charge in [-0.15, -0.1) is 0 Å². The maximum absolute atomic E-state index is 6.97. The molecule has 6 nitrogen and oxygen atoms in total. The first-order valence-corrected chi connectivity index (χ1v) is 22.0. The molecule has 0 amide bonds. The van der Waals surface area contributed by atoms with Crippen LogP contribution in [0.5, 0.6) is 0 Å². The highest BCUT2D eigenvalue weighted by Crippen LogP contribution is 2.60. The first-order valence-electron chi connectivity index (χ1n) is 22.0. The average molecular weight is 788 g/mol. The Labute approximate surface area is 352 Å². The zero-order valence-corrected chi connectivity index (χ0v) is 33.6. The molecule has 4 aliphatic rings. The number of aromatic nitrogens is 5. The van der Waals surface area contributed by atoms with Gasteiger partial charge < -0.3 is 13.6 Å². The van der Waals surface area contributed by atoms with Gasteiger partial charge in [-0.05, 0) is 111 Å². The molecule has 0 unspecified atom stereocenters. The Morgan fingerprint density at radius 2 is 0.951 bits per heavy atom. The fraction of sp³-hybridized carbons (Fsp3) is 0.182. The van der Waals surface area contributed by atoms with Crippen LogP contribution in [-0.2, 0) is 5.41 Å². The van der Waals surface area contributed by atoms with Gasteiger partial charge in [0.25, 0.3) is 0 Å². The molecule has 6 heteroatoms. The molecule has 0 atom stereocenters. The number of benzene rings is 7. The third-order valence-corrected chi connectivity index (χ3v) is 14.6. The monoisotopic (exact) mass is 787 g/mol. The van der Waals surface area contributed by atoms with E-state index in [1.165, 1.54) is 65.6 Å². The number of rotatable bonds is 5. The molecule has 4 fully saturated rings. The minimum Gasteiger partial charge on any atom is -0.454 e. The van der Waals surface area contributed by atoms with E-state index in [0.29, 0.717) is 0 Å². The van der Waals surface area contributed by atoms with Gasteiger partial charge in [-0.2, -0.15) is 0 Å². The van der Waals surface area contributed by atoms with Crippen molar-refractivity contribution in [3.8, 4) is 34.2 Å². The lowest BCUT2D eigenvalue weighted by Gasteiger charge is -2.56. The van der Waals surface area contributed by atoms with E-state index in [-0.39, 0.29) is 5.41 Å². The molecule has 11 aromatic rings. The van der Waals surface area contributed by atoms with Crippen molar-refractivity contribution in [1.29, 1.82) is 0 Å². The summed E-state index contributed by atoms with van der Waals surface area (Å²) in [4.78, 5) is 16.0. The molecule has 0 saturated heterocycles. The number of para-hydroxylation sites is 4. The fourth-order valence-electron chi connectivity index (χ4n) is 12.6. The molecule has 15 rings (SSSR count). The Morgan fingerprint density at radius 3 is 1.61 bits per heavy atom. The molecule has 4 heterocycles. The zero-order valence-electron chi connectivity index (χ0n) is 33.6. The highest BCUT2D eigenvalue weighted by Gasteiger charge is 2.53. The third-order valence-electron chi connectivity index (χ3n) is 14.6. The van der Waals surface area contributed by atoms with E-state index in [4.69, 9.17) is 19.4 Å². The number of hydrogen-bond donors (Lipinski definition) is 0. The molecule has 0 spiro atoms. The summed E-state index contributed by atoms with van der Waals surface area (Å²) in [7, 11) is 0. The van der Waals surface area contributed by atoms with Crippen LogP contribution in [0.2, 0.25) is 0 Å². The summed E-state index contributed by atoms with van der Waals surface area (Å²) in [5.74, 6) is 4.94. The van der Waals surface area contributed by atoms with Crippen LogP contribution in [-0.4, -0.2) is 24.1 Å². The van der Waals surface area contributed by atoms with E-state index in [0.717, 1.165) is 96.2 Å². The van der Waals surface area contributed by atoms with Gasteiger partial charge in [0.05, 0.1) is 22.1 Å². The van der Waals surface area contributed by atoms with Gasteiger partial charge in [0.1, 0.15) is 11.4 Å². The van der Waals surface area contributed by atoms with Gasteiger partial charge in [-0.25, -0.2) is 15.0 Å². The van der Waals surface area contributed by atoms with Crippen molar-refractivity contribution >= 4 is 65.6 Å². The van der Waals surface area contributed by atoms with Crippen molar-refractivity contribution in [3.63, 3.8) is 0 Å². The molecule has 0 aliphatic heterocycles. The molecule has 4 aromatic heterocycles. The fourth-order valence-corrected chi connectivity index (χ4v) is 12.6. The van der Waals surface area contributed by atoms with Gasteiger partial charge in [0.15, 0.2) is 17.2 Å².